The van der Waals surface area contributed by atoms with Crippen LogP contribution in [-0.2, 0) is 6.61 Å². The van der Waals surface area contributed by atoms with E-state index in [2.05, 4.69) is 10.3 Å². The third kappa shape index (κ3) is 4.69. The van der Waals surface area contributed by atoms with Gasteiger partial charge in [-0.1, -0.05) is 13.0 Å². The number of aromatic nitrogens is 1. The molecule has 1 aromatic heterocycles. The van der Waals surface area contributed by atoms with Gasteiger partial charge in [0.1, 0.15) is 17.3 Å². The molecule has 1 heterocycles. The monoisotopic (exact) mass is 334 g/mol. The van der Waals surface area contributed by atoms with Gasteiger partial charge in [-0.25, -0.2) is 4.98 Å². The maximum Gasteiger partial charge on any atom is 0.270 e. The van der Waals surface area contributed by atoms with Crippen LogP contribution in [0.4, 0.5) is 0 Å². The first-order chi connectivity index (χ1) is 11.0. The van der Waals surface area contributed by atoms with Gasteiger partial charge in [0, 0.05) is 11.4 Å². The first-order valence-corrected chi connectivity index (χ1v) is 8.44. The Labute approximate surface area is 140 Å². The van der Waals surface area contributed by atoms with Crippen molar-refractivity contribution in [3.8, 4) is 11.5 Å². The molecule has 1 aromatic carbocycles. The minimum absolute atomic E-state index is 0.140. The van der Waals surface area contributed by atoms with Crippen LogP contribution in [0.1, 0.15) is 41.3 Å². The van der Waals surface area contributed by atoms with E-state index < -0.39 is 0 Å². The standard InChI is InChI=1S/C17H22N2O3S/c1-5-12(3)18-17(20)13-10-23-16(19-13)9-22-14-7-6-11(2)8-15(14)21-4/h6-8,10,12H,5,9H2,1-4H3,(H,18,20). The predicted octanol–water partition coefficient (Wildman–Crippen LogP) is 3.57. The number of rotatable bonds is 7. The zero-order chi connectivity index (χ0) is 16.8. The van der Waals surface area contributed by atoms with Crippen LogP contribution in [0.3, 0.4) is 0 Å². The van der Waals surface area contributed by atoms with Crippen molar-refractivity contribution in [3.05, 3.63) is 39.8 Å². The SMILES string of the molecule is CCC(C)NC(=O)c1csc(COc2ccc(C)cc2OC)n1. The summed E-state index contributed by atoms with van der Waals surface area (Å²) in [5, 5.41) is 5.41. The smallest absolute Gasteiger partial charge is 0.270 e. The molecule has 2 rings (SSSR count). The highest BCUT2D eigenvalue weighted by molar-refractivity contribution is 7.09. The van der Waals surface area contributed by atoms with Crippen LogP contribution >= 0.6 is 11.3 Å². The van der Waals surface area contributed by atoms with E-state index in [-0.39, 0.29) is 11.9 Å². The summed E-state index contributed by atoms with van der Waals surface area (Å²) in [6, 6.07) is 5.89. The molecule has 0 aliphatic heterocycles. The molecule has 0 aliphatic rings. The lowest BCUT2D eigenvalue weighted by atomic mass is 10.2. The molecule has 1 N–H and O–H groups in total. The minimum atomic E-state index is -0.144. The molecule has 0 spiro atoms. The van der Waals surface area contributed by atoms with Gasteiger partial charge in [-0.3, -0.25) is 4.79 Å². The Hall–Kier alpha value is -2.08. The maximum atomic E-state index is 12.0. The second-order valence-corrected chi connectivity index (χ2v) is 6.29. The topological polar surface area (TPSA) is 60.5 Å². The van der Waals surface area contributed by atoms with E-state index in [4.69, 9.17) is 9.47 Å². The lowest BCUT2D eigenvalue weighted by Gasteiger charge is -2.10. The van der Waals surface area contributed by atoms with Crippen molar-refractivity contribution in [2.75, 3.05) is 7.11 Å². The molecule has 0 fully saturated rings. The third-order valence-electron chi connectivity index (χ3n) is 3.44. The normalized spacial score (nSPS) is 11.8. The summed E-state index contributed by atoms with van der Waals surface area (Å²) in [5.74, 6) is 1.21. The van der Waals surface area contributed by atoms with Gasteiger partial charge >= 0.3 is 0 Å². The van der Waals surface area contributed by atoms with Crippen molar-refractivity contribution in [1.82, 2.24) is 10.3 Å². The lowest BCUT2D eigenvalue weighted by molar-refractivity contribution is 0.0934. The summed E-state index contributed by atoms with van der Waals surface area (Å²) in [6.45, 7) is 6.30. The first-order valence-electron chi connectivity index (χ1n) is 7.56. The van der Waals surface area contributed by atoms with Gasteiger partial charge in [-0.05, 0) is 38.0 Å². The van der Waals surface area contributed by atoms with Gasteiger partial charge in [0.25, 0.3) is 5.91 Å². The molecule has 0 radical (unpaired) electrons. The molecule has 6 heteroatoms. The average Bonchev–Trinajstić information content (AvgIpc) is 3.02. The zero-order valence-corrected chi connectivity index (χ0v) is 14.7. The average molecular weight is 334 g/mol. The van der Waals surface area contributed by atoms with E-state index in [0.717, 1.165) is 17.0 Å². The van der Waals surface area contributed by atoms with Crippen LogP contribution in [0.2, 0.25) is 0 Å². The number of ether oxygens (including phenoxy) is 2. The van der Waals surface area contributed by atoms with E-state index >= 15 is 0 Å². The van der Waals surface area contributed by atoms with Crippen LogP contribution in [0.15, 0.2) is 23.6 Å². The van der Waals surface area contributed by atoms with Crippen LogP contribution in [0.5, 0.6) is 11.5 Å². The second kappa shape index (κ2) is 7.97. The largest absolute Gasteiger partial charge is 0.493 e. The Bertz CT molecular complexity index is 670. The quantitative estimate of drug-likeness (QED) is 0.841. The Morgan fingerprint density at radius 1 is 1.39 bits per heavy atom. The van der Waals surface area contributed by atoms with E-state index in [1.807, 2.05) is 39.0 Å². The van der Waals surface area contributed by atoms with Gasteiger partial charge in [-0.15, -0.1) is 11.3 Å². The molecule has 0 saturated carbocycles. The summed E-state index contributed by atoms with van der Waals surface area (Å²) in [5.41, 5.74) is 1.54. The molecule has 1 unspecified atom stereocenters. The van der Waals surface area contributed by atoms with Crippen LogP contribution in [-0.4, -0.2) is 24.0 Å². The Balaban J connectivity index is 1.98. The van der Waals surface area contributed by atoms with Crippen molar-refractivity contribution in [3.63, 3.8) is 0 Å². The van der Waals surface area contributed by atoms with Crippen molar-refractivity contribution < 1.29 is 14.3 Å². The maximum absolute atomic E-state index is 12.0. The zero-order valence-electron chi connectivity index (χ0n) is 13.9. The first kappa shape index (κ1) is 17.3. The molecule has 1 atom stereocenters. The minimum Gasteiger partial charge on any atom is -0.493 e. The summed E-state index contributed by atoms with van der Waals surface area (Å²) in [7, 11) is 1.61. The highest BCUT2D eigenvalue weighted by Crippen LogP contribution is 2.28. The lowest BCUT2D eigenvalue weighted by Crippen LogP contribution is -2.32. The fourth-order valence-corrected chi connectivity index (χ4v) is 2.60. The highest BCUT2D eigenvalue weighted by atomic mass is 32.1. The predicted molar refractivity (Wildman–Crippen MR) is 91.4 cm³/mol. The molecule has 124 valence electrons. The second-order valence-electron chi connectivity index (χ2n) is 5.35. The summed E-state index contributed by atoms with van der Waals surface area (Å²) in [6.07, 6.45) is 0.888. The molecule has 2 aromatic rings. The Morgan fingerprint density at radius 2 is 2.17 bits per heavy atom. The van der Waals surface area contributed by atoms with Crippen LogP contribution in [0, 0.1) is 6.92 Å². The molecule has 0 saturated heterocycles. The number of hydrogen-bond donors (Lipinski definition) is 1. The number of amides is 1. The number of nitrogens with one attached hydrogen (secondary N) is 1. The van der Waals surface area contributed by atoms with E-state index in [9.17, 15) is 4.79 Å². The fraction of sp³-hybridized carbons (Fsp3) is 0.412. The number of thiazole rings is 1. The van der Waals surface area contributed by atoms with Crippen molar-refractivity contribution in [2.24, 2.45) is 0 Å². The molecule has 5 nitrogen and oxygen atoms in total. The number of nitrogens with zero attached hydrogens (tertiary/aromatic N) is 1. The fourth-order valence-electron chi connectivity index (χ4n) is 1.91. The number of methoxy groups -OCH3 is 1. The molecule has 1 amide bonds. The van der Waals surface area contributed by atoms with Crippen LogP contribution < -0.4 is 14.8 Å². The number of carbonyl (C=O) groups excluding carboxylic acids is 1. The van der Waals surface area contributed by atoms with Gasteiger partial charge < -0.3 is 14.8 Å². The van der Waals surface area contributed by atoms with Gasteiger partial charge in [0.05, 0.1) is 7.11 Å². The highest BCUT2D eigenvalue weighted by Gasteiger charge is 2.13. The van der Waals surface area contributed by atoms with Crippen molar-refractivity contribution in [1.29, 1.82) is 0 Å². The van der Waals surface area contributed by atoms with E-state index in [0.29, 0.717) is 23.8 Å². The summed E-state index contributed by atoms with van der Waals surface area (Å²) < 4.78 is 11.1. The summed E-state index contributed by atoms with van der Waals surface area (Å²) in [4.78, 5) is 16.3. The molecular formula is C17H22N2O3S. The van der Waals surface area contributed by atoms with Crippen LogP contribution in [0.25, 0.3) is 0 Å². The molecule has 0 aliphatic carbocycles. The molecular weight excluding hydrogens is 312 g/mol. The van der Waals surface area contributed by atoms with Crippen molar-refractivity contribution in [2.45, 2.75) is 39.8 Å². The summed E-state index contributed by atoms with van der Waals surface area (Å²) >= 11 is 1.41. The molecule has 0 bridgehead atoms. The Morgan fingerprint density at radius 3 is 2.87 bits per heavy atom. The van der Waals surface area contributed by atoms with Gasteiger partial charge in [0.15, 0.2) is 11.5 Å². The number of aryl methyl sites for hydroxylation is 1. The number of hydrogen-bond acceptors (Lipinski definition) is 5. The third-order valence-corrected chi connectivity index (χ3v) is 4.27. The van der Waals surface area contributed by atoms with Crippen molar-refractivity contribution >= 4 is 17.2 Å². The van der Waals surface area contributed by atoms with E-state index in [1.54, 1.807) is 12.5 Å². The number of carbonyl (C=O) groups is 1. The van der Waals surface area contributed by atoms with Gasteiger partial charge in [-0.2, -0.15) is 0 Å². The van der Waals surface area contributed by atoms with E-state index in [1.165, 1.54) is 11.3 Å². The molecule has 23 heavy (non-hydrogen) atoms. The number of benzene rings is 1. The van der Waals surface area contributed by atoms with Gasteiger partial charge in [0.2, 0.25) is 0 Å². The Kier molecular flexibility index (Phi) is 5.98.